The third kappa shape index (κ3) is 2.61. The van der Waals surface area contributed by atoms with Crippen LogP contribution >= 0.6 is 46.1 Å². The molecule has 2 aromatic heterocycles. The van der Waals surface area contributed by atoms with Gasteiger partial charge < -0.3 is 9.55 Å². The summed E-state index contributed by atoms with van der Waals surface area (Å²) in [6.45, 7) is 3.04. The average Bonchev–Trinajstić information content (AvgIpc) is 2.98. The van der Waals surface area contributed by atoms with Gasteiger partial charge in [0.05, 0.1) is 16.0 Å². The van der Waals surface area contributed by atoms with Crippen LogP contribution in [0.3, 0.4) is 0 Å². The quantitative estimate of drug-likeness (QED) is 0.516. The van der Waals surface area contributed by atoms with Crippen LogP contribution in [0.25, 0.3) is 11.0 Å². The highest BCUT2D eigenvalue weighted by Crippen LogP contribution is 2.23. The Balaban J connectivity index is 2.01. The molecule has 1 N–H and O–H groups in total. The molecule has 0 fully saturated rings. The van der Waals surface area contributed by atoms with Gasteiger partial charge >= 0.3 is 0 Å². The number of halogens is 1. The van der Waals surface area contributed by atoms with Crippen LogP contribution in [0.2, 0.25) is 0 Å². The molecular formula is C13H12IN3S2. The number of thiazole rings is 1. The zero-order chi connectivity index (χ0) is 13.4. The van der Waals surface area contributed by atoms with E-state index in [1.807, 2.05) is 11.6 Å². The maximum atomic E-state index is 5.43. The predicted octanol–water partition coefficient (Wildman–Crippen LogP) is 4.56. The molecule has 0 spiro atoms. The fourth-order valence-corrected chi connectivity index (χ4v) is 3.61. The Morgan fingerprint density at radius 2 is 2.37 bits per heavy atom. The minimum atomic E-state index is 0.366. The molecule has 0 aliphatic carbocycles. The van der Waals surface area contributed by atoms with Crippen LogP contribution in [0.1, 0.15) is 17.8 Å². The summed E-state index contributed by atoms with van der Waals surface area (Å²) < 4.78 is 4.15. The highest BCUT2D eigenvalue weighted by atomic mass is 127. The molecule has 6 heteroatoms. The summed E-state index contributed by atoms with van der Waals surface area (Å²) in [4.78, 5) is 7.65. The molecule has 0 saturated heterocycles. The summed E-state index contributed by atoms with van der Waals surface area (Å²) in [6.07, 6.45) is 1.85. The van der Waals surface area contributed by atoms with Gasteiger partial charge in [0.2, 0.25) is 0 Å². The zero-order valence-corrected chi connectivity index (χ0v) is 14.1. The largest absolute Gasteiger partial charge is 0.331 e. The number of H-pyrrole nitrogens is 1. The summed E-state index contributed by atoms with van der Waals surface area (Å²) >= 11 is 9.44. The van der Waals surface area contributed by atoms with E-state index in [1.165, 1.54) is 3.57 Å². The van der Waals surface area contributed by atoms with E-state index in [2.05, 4.69) is 62.2 Å². The number of nitrogens with zero attached hydrogens (tertiary/aromatic N) is 2. The van der Waals surface area contributed by atoms with Gasteiger partial charge in [0, 0.05) is 27.6 Å². The number of fused-ring (bicyclic) bond motifs is 1. The van der Waals surface area contributed by atoms with Crippen molar-refractivity contribution in [3.8, 4) is 0 Å². The van der Waals surface area contributed by atoms with Gasteiger partial charge in [-0.15, -0.1) is 11.3 Å². The molecule has 3 aromatic rings. The van der Waals surface area contributed by atoms with E-state index in [4.69, 9.17) is 12.2 Å². The summed E-state index contributed by atoms with van der Waals surface area (Å²) in [5, 5.41) is 3.17. The summed E-state index contributed by atoms with van der Waals surface area (Å²) in [5.41, 5.74) is 2.26. The van der Waals surface area contributed by atoms with Crippen LogP contribution in [0.5, 0.6) is 0 Å². The fraction of sp³-hybridized carbons (Fsp3) is 0.231. The maximum absolute atomic E-state index is 5.43. The van der Waals surface area contributed by atoms with Crippen LogP contribution in [-0.2, 0) is 6.54 Å². The summed E-state index contributed by atoms with van der Waals surface area (Å²) in [5.74, 6) is 0.366. The monoisotopic (exact) mass is 401 g/mol. The van der Waals surface area contributed by atoms with Crippen molar-refractivity contribution in [1.82, 2.24) is 14.5 Å². The van der Waals surface area contributed by atoms with Gasteiger partial charge in [0.25, 0.3) is 0 Å². The van der Waals surface area contributed by atoms with Crippen LogP contribution < -0.4 is 0 Å². The minimum Gasteiger partial charge on any atom is -0.331 e. The molecule has 2 heterocycles. The second-order valence-electron chi connectivity index (χ2n) is 4.47. The van der Waals surface area contributed by atoms with Crippen molar-refractivity contribution in [2.45, 2.75) is 19.4 Å². The van der Waals surface area contributed by atoms with Crippen molar-refractivity contribution in [2.24, 2.45) is 0 Å². The Morgan fingerprint density at radius 1 is 1.53 bits per heavy atom. The minimum absolute atomic E-state index is 0.366. The first-order valence-corrected chi connectivity index (χ1v) is 8.29. The molecule has 0 amide bonds. The van der Waals surface area contributed by atoms with Gasteiger partial charge in [0.1, 0.15) is 0 Å². The Morgan fingerprint density at radius 3 is 3.11 bits per heavy atom. The number of nitrogens with one attached hydrogen (secondary N) is 1. The molecule has 0 aliphatic rings. The lowest BCUT2D eigenvalue weighted by atomic mass is 10.2. The standard InChI is InChI=1S/C13H12IN3S2/c1-8(12-15-4-5-19-12)7-17-11-3-2-9(14)6-10(11)16-13(17)18/h2-6,8H,7H2,1H3,(H,16,18). The van der Waals surface area contributed by atoms with Crippen molar-refractivity contribution in [3.63, 3.8) is 0 Å². The number of aromatic nitrogens is 3. The smallest absolute Gasteiger partial charge is 0.178 e. The van der Waals surface area contributed by atoms with E-state index >= 15 is 0 Å². The molecule has 1 atom stereocenters. The topological polar surface area (TPSA) is 33.6 Å². The zero-order valence-electron chi connectivity index (χ0n) is 10.3. The van der Waals surface area contributed by atoms with Crippen LogP contribution in [-0.4, -0.2) is 14.5 Å². The van der Waals surface area contributed by atoms with Gasteiger partial charge in [-0.2, -0.15) is 0 Å². The van der Waals surface area contributed by atoms with E-state index in [9.17, 15) is 0 Å². The first-order valence-electron chi connectivity index (χ1n) is 5.92. The predicted molar refractivity (Wildman–Crippen MR) is 90.4 cm³/mol. The molecular weight excluding hydrogens is 389 g/mol. The van der Waals surface area contributed by atoms with Gasteiger partial charge in [-0.25, -0.2) is 4.98 Å². The second-order valence-corrected chi connectivity index (χ2v) is 7.03. The molecule has 0 radical (unpaired) electrons. The van der Waals surface area contributed by atoms with Crippen LogP contribution in [0.15, 0.2) is 29.8 Å². The molecule has 3 rings (SSSR count). The number of hydrogen-bond acceptors (Lipinski definition) is 3. The Hall–Kier alpha value is -0.730. The van der Waals surface area contributed by atoms with E-state index in [1.54, 1.807) is 11.3 Å². The average molecular weight is 401 g/mol. The first kappa shape index (κ1) is 13.3. The van der Waals surface area contributed by atoms with Crippen molar-refractivity contribution in [2.75, 3.05) is 0 Å². The number of imidazole rings is 1. The van der Waals surface area contributed by atoms with Crippen LogP contribution in [0.4, 0.5) is 0 Å². The summed E-state index contributed by atoms with van der Waals surface area (Å²) in [7, 11) is 0. The van der Waals surface area contributed by atoms with Gasteiger partial charge in [0.15, 0.2) is 4.77 Å². The number of aromatic amines is 1. The molecule has 98 valence electrons. The van der Waals surface area contributed by atoms with Crippen molar-refractivity contribution >= 4 is 57.2 Å². The van der Waals surface area contributed by atoms with Crippen molar-refractivity contribution in [3.05, 3.63) is 43.1 Å². The van der Waals surface area contributed by atoms with Crippen molar-refractivity contribution in [1.29, 1.82) is 0 Å². The van der Waals surface area contributed by atoms with Gasteiger partial charge in [-0.1, -0.05) is 6.92 Å². The number of benzene rings is 1. The Labute approximate surface area is 133 Å². The molecule has 3 nitrogen and oxygen atoms in total. The molecule has 19 heavy (non-hydrogen) atoms. The fourth-order valence-electron chi connectivity index (χ4n) is 2.15. The summed E-state index contributed by atoms with van der Waals surface area (Å²) in [6, 6.07) is 6.35. The Kier molecular flexibility index (Phi) is 3.72. The maximum Gasteiger partial charge on any atom is 0.178 e. The SMILES string of the molecule is CC(Cn1c(=S)[nH]c2cc(I)ccc21)c1nccs1. The van der Waals surface area contributed by atoms with E-state index in [0.29, 0.717) is 5.92 Å². The van der Waals surface area contributed by atoms with Crippen molar-refractivity contribution < 1.29 is 0 Å². The lowest BCUT2D eigenvalue weighted by molar-refractivity contribution is 0.602. The molecule has 1 aromatic carbocycles. The van der Waals surface area contributed by atoms with Gasteiger partial charge in [-0.05, 0) is 53.0 Å². The normalized spacial score (nSPS) is 12.9. The Bertz CT molecular complexity index is 758. The van der Waals surface area contributed by atoms with Gasteiger partial charge in [-0.3, -0.25) is 0 Å². The van der Waals surface area contributed by atoms with E-state index in [0.717, 1.165) is 27.4 Å². The second kappa shape index (κ2) is 5.34. The van der Waals surface area contributed by atoms with E-state index < -0.39 is 0 Å². The molecule has 0 aliphatic heterocycles. The third-order valence-electron chi connectivity index (χ3n) is 3.07. The molecule has 0 saturated carbocycles. The number of rotatable bonds is 3. The third-order valence-corrected chi connectivity index (χ3v) is 5.07. The first-order chi connectivity index (χ1) is 9.15. The highest BCUT2D eigenvalue weighted by Gasteiger charge is 2.12. The number of hydrogen-bond donors (Lipinski definition) is 1. The lowest BCUT2D eigenvalue weighted by Gasteiger charge is -2.10. The van der Waals surface area contributed by atoms with Crippen LogP contribution in [0, 0.1) is 8.34 Å². The van der Waals surface area contributed by atoms with E-state index in [-0.39, 0.29) is 0 Å². The molecule has 0 bridgehead atoms. The lowest BCUT2D eigenvalue weighted by Crippen LogP contribution is -2.06. The highest BCUT2D eigenvalue weighted by molar-refractivity contribution is 14.1. The molecule has 1 unspecified atom stereocenters.